The van der Waals surface area contributed by atoms with Gasteiger partial charge in [0.25, 0.3) is 0 Å². The van der Waals surface area contributed by atoms with Gasteiger partial charge in [-0.2, -0.15) is 0 Å². The summed E-state index contributed by atoms with van der Waals surface area (Å²) >= 11 is 0. The molecule has 0 amide bonds. The molecule has 0 fully saturated rings. The zero-order valence-corrected chi connectivity index (χ0v) is 52.1. The minimum atomic E-state index is -0.779. The number of ether oxygens (including phenoxy) is 3. The molecule has 0 aliphatic heterocycles. The lowest BCUT2D eigenvalue weighted by atomic mass is 10.0. The molecule has 79 heavy (non-hydrogen) atoms. The van der Waals surface area contributed by atoms with Crippen LogP contribution < -0.4 is 0 Å². The van der Waals surface area contributed by atoms with Crippen LogP contribution in [0.5, 0.6) is 0 Å². The van der Waals surface area contributed by atoms with Crippen LogP contribution in [0.2, 0.25) is 0 Å². The van der Waals surface area contributed by atoms with Crippen molar-refractivity contribution < 1.29 is 28.6 Å². The first kappa shape index (κ1) is 75.3. The summed E-state index contributed by atoms with van der Waals surface area (Å²) in [5, 5.41) is 0. The minimum Gasteiger partial charge on any atom is -0.462 e. The fourth-order valence-corrected chi connectivity index (χ4v) is 9.54. The van der Waals surface area contributed by atoms with Crippen LogP contribution in [-0.2, 0) is 28.6 Å². The zero-order chi connectivity index (χ0) is 57.1. The Bertz CT molecular complexity index is 1540. The summed E-state index contributed by atoms with van der Waals surface area (Å²) in [4.78, 5) is 38.3. The highest BCUT2D eigenvalue weighted by molar-refractivity contribution is 5.71. The van der Waals surface area contributed by atoms with Crippen molar-refractivity contribution in [2.45, 2.75) is 335 Å². The van der Waals surface area contributed by atoms with E-state index in [1.807, 2.05) is 0 Å². The number of esters is 3. The maximum absolute atomic E-state index is 12.9. The Morgan fingerprint density at radius 2 is 0.494 bits per heavy atom. The van der Waals surface area contributed by atoms with Crippen molar-refractivity contribution in [3.05, 3.63) is 97.2 Å². The van der Waals surface area contributed by atoms with Crippen molar-refractivity contribution in [3.8, 4) is 0 Å². The van der Waals surface area contributed by atoms with E-state index in [2.05, 4.69) is 118 Å². The Morgan fingerprint density at radius 3 is 0.785 bits per heavy atom. The van der Waals surface area contributed by atoms with E-state index in [9.17, 15) is 14.4 Å². The summed E-state index contributed by atoms with van der Waals surface area (Å²) in [5.74, 6) is -0.872. The average molecular weight is 1100 g/mol. The largest absolute Gasteiger partial charge is 0.462 e. The summed E-state index contributed by atoms with van der Waals surface area (Å²) < 4.78 is 16.9. The molecular formula is C73H126O6. The zero-order valence-electron chi connectivity index (χ0n) is 52.1. The Kier molecular flexibility index (Phi) is 63.7. The number of hydrogen-bond donors (Lipinski definition) is 0. The highest BCUT2D eigenvalue weighted by Gasteiger charge is 2.19. The lowest BCUT2D eigenvalue weighted by molar-refractivity contribution is -0.167. The van der Waals surface area contributed by atoms with Gasteiger partial charge in [0.1, 0.15) is 13.2 Å². The third kappa shape index (κ3) is 65.0. The van der Waals surface area contributed by atoms with Crippen LogP contribution in [0.3, 0.4) is 0 Å². The van der Waals surface area contributed by atoms with Crippen molar-refractivity contribution in [1.29, 1.82) is 0 Å². The molecule has 0 aromatic carbocycles. The predicted molar refractivity (Wildman–Crippen MR) is 344 cm³/mol. The van der Waals surface area contributed by atoms with E-state index in [0.29, 0.717) is 19.3 Å². The molecule has 1 unspecified atom stereocenters. The monoisotopic (exact) mass is 1100 g/mol. The normalized spacial score (nSPS) is 12.7. The van der Waals surface area contributed by atoms with Crippen LogP contribution in [0.1, 0.15) is 329 Å². The predicted octanol–water partition coefficient (Wildman–Crippen LogP) is 23.2. The molecule has 6 heteroatoms. The second-order valence-corrected chi connectivity index (χ2v) is 22.4. The van der Waals surface area contributed by atoms with E-state index in [1.165, 1.54) is 186 Å². The second-order valence-electron chi connectivity index (χ2n) is 22.4. The van der Waals surface area contributed by atoms with Crippen molar-refractivity contribution in [1.82, 2.24) is 0 Å². The van der Waals surface area contributed by atoms with Crippen LogP contribution in [0.25, 0.3) is 0 Å². The summed E-state index contributed by atoms with van der Waals surface area (Å²) in [5.41, 5.74) is 0. The number of carbonyl (C=O) groups is 3. The van der Waals surface area contributed by atoms with Crippen molar-refractivity contribution in [2.24, 2.45) is 0 Å². The van der Waals surface area contributed by atoms with Crippen LogP contribution >= 0.6 is 0 Å². The van der Waals surface area contributed by atoms with Crippen LogP contribution in [0, 0.1) is 0 Å². The van der Waals surface area contributed by atoms with Gasteiger partial charge in [-0.1, -0.05) is 304 Å². The van der Waals surface area contributed by atoms with E-state index < -0.39 is 6.10 Å². The number of rotatable bonds is 61. The van der Waals surface area contributed by atoms with Crippen molar-refractivity contribution in [2.75, 3.05) is 13.2 Å². The van der Waals surface area contributed by atoms with E-state index >= 15 is 0 Å². The summed E-state index contributed by atoms with van der Waals surface area (Å²) in [7, 11) is 0. The van der Waals surface area contributed by atoms with E-state index in [0.717, 1.165) is 103 Å². The molecule has 1 atom stereocenters. The first-order chi connectivity index (χ1) is 39.0. The van der Waals surface area contributed by atoms with Gasteiger partial charge in [0.2, 0.25) is 0 Å². The smallest absolute Gasteiger partial charge is 0.306 e. The molecule has 0 rings (SSSR count). The molecule has 6 nitrogen and oxygen atoms in total. The topological polar surface area (TPSA) is 78.9 Å². The van der Waals surface area contributed by atoms with Gasteiger partial charge < -0.3 is 14.2 Å². The Hall–Kier alpha value is -3.67. The SMILES string of the molecule is CC/C=C\C/C=C\C/C=C\C/C=C\C/C=C\C/C=C\C/C=C\CCCCCCCCCCCCCC(=O)OCC(COC(=O)CCCCCCCCCCCC)OC(=O)CCCCCCCCC/C=C\CCCCCCCCC. The molecule has 0 spiro atoms. The van der Waals surface area contributed by atoms with Crippen molar-refractivity contribution >= 4 is 17.9 Å². The highest BCUT2D eigenvalue weighted by atomic mass is 16.6. The van der Waals surface area contributed by atoms with Gasteiger partial charge >= 0.3 is 17.9 Å². The number of unbranched alkanes of at least 4 members (excludes halogenated alkanes) is 34. The number of carbonyl (C=O) groups excluding carboxylic acids is 3. The van der Waals surface area contributed by atoms with Gasteiger partial charge in [0.05, 0.1) is 0 Å². The summed E-state index contributed by atoms with van der Waals surface area (Å²) in [6, 6.07) is 0. The van der Waals surface area contributed by atoms with Gasteiger partial charge in [-0.25, -0.2) is 0 Å². The third-order valence-electron chi connectivity index (χ3n) is 14.6. The van der Waals surface area contributed by atoms with Gasteiger partial charge in [-0.05, 0) is 103 Å². The minimum absolute atomic E-state index is 0.0758. The van der Waals surface area contributed by atoms with Crippen LogP contribution in [0.4, 0.5) is 0 Å². The maximum Gasteiger partial charge on any atom is 0.306 e. The maximum atomic E-state index is 12.9. The molecule has 0 saturated carbocycles. The Morgan fingerprint density at radius 1 is 0.266 bits per heavy atom. The van der Waals surface area contributed by atoms with E-state index in [-0.39, 0.29) is 31.1 Å². The molecule has 0 saturated heterocycles. The fourth-order valence-electron chi connectivity index (χ4n) is 9.54. The van der Waals surface area contributed by atoms with E-state index in [1.54, 1.807) is 0 Å². The molecule has 0 aromatic heterocycles. The lowest BCUT2D eigenvalue weighted by Gasteiger charge is -2.18. The van der Waals surface area contributed by atoms with Gasteiger partial charge in [0, 0.05) is 19.3 Å². The molecular weight excluding hydrogens is 973 g/mol. The average Bonchev–Trinajstić information content (AvgIpc) is 3.45. The molecule has 0 N–H and O–H groups in total. The first-order valence-corrected chi connectivity index (χ1v) is 33.7. The van der Waals surface area contributed by atoms with Gasteiger partial charge in [0.15, 0.2) is 6.10 Å². The van der Waals surface area contributed by atoms with Gasteiger partial charge in [-0.3, -0.25) is 14.4 Å². The molecule has 0 bridgehead atoms. The van der Waals surface area contributed by atoms with E-state index in [4.69, 9.17) is 14.2 Å². The second kappa shape index (κ2) is 66.8. The number of hydrogen-bond acceptors (Lipinski definition) is 6. The fraction of sp³-hybridized carbons (Fsp3) is 0.740. The molecule has 0 radical (unpaired) electrons. The molecule has 0 heterocycles. The standard InChI is InChI=1S/C73H126O6/c1-4-7-10-13-16-19-22-24-26-28-30-31-32-33-34-35-36-37-38-39-40-41-42-43-44-46-47-49-51-54-57-60-63-66-72(75)78-69-70(68-77-71(74)65-62-59-56-53-21-18-15-12-9-6-3)79-73(76)67-64-61-58-55-52-50-48-45-29-27-25-23-20-17-14-11-8-5-2/h7,10,16,19,24,26-27,29-31,33-34,36-37,39-40,70H,4-6,8-9,11-15,17-18,20-23,25,28,32,35,38,41-69H2,1-3H3/b10-7-,19-16-,26-24-,29-27-,31-30-,34-33-,37-36-,40-39-. The molecule has 0 aliphatic rings. The lowest BCUT2D eigenvalue weighted by Crippen LogP contribution is -2.30. The van der Waals surface area contributed by atoms with Crippen LogP contribution in [0.15, 0.2) is 97.2 Å². The van der Waals surface area contributed by atoms with Crippen LogP contribution in [-0.4, -0.2) is 37.2 Å². The Labute approximate surface area is 489 Å². The molecule has 0 aromatic rings. The summed E-state index contributed by atoms with van der Waals surface area (Å²) in [6.07, 6.45) is 90.0. The number of allylic oxidation sites excluding steroid dienone is 16. The first-order valence-electron chi connectivity index (χ1n) is 33.7. The Balaban J connectivity index is 4.18. The third-order valence-corrected chi connectivity index (χ3v) is 14.6. The molecule has 0 aliphatic carbocycles. The van der Waals surface area contributed by atoms with Gasteiger partial charge in [-0.15, -0.1) is 0 Å². The quantitative estimate of drug-likeness (QED) is 0.0261. The van der Waals surface area contributed by atoms with Crippen molar-refractivity contribution in [3.63, 3.8) is 0 Å². The molecule has 454 valence electrons. The summed E-state index contributed by atoms with van der Waals surface area (Å²) in [6.45, 7) is 6.54. The highest BCUT2D eigenvalue weighted by Crippen LogP contribution is 2.16.